The van der Waals surface area contributed by atoms with Gasteiger partial charge in [-0.1, -0.05) is 6.07 Å². The van der Waals surface area contributed by atoms with E-state index in [1.54, 1.807) is 0 Å². The molecule has 0 aliphatic carbocycles. The molecule has 0 heterocycles. The molecule has 0 radical (unpaired) electrons. The van der Waals surface area contributed by atoms with Crippen molar-refractivity contribution >= 4 is 32.8 Å². The molecule has 0 aliphatic rings. The second kappa shape index (κ2) is 7.15. The quantitative estimate of drug-likeness (QED) is 0.375. The van der Waals surface area contributed by atoms with Crippen LogP contribution in [0.25, 0.3) is 10.8 Å². The number of rotatable bonds is 3. The van der Waals surface area contributed by atoms with Gasteiger partial charge in [0.2, 0.25) is 0 Å². The maximum atomic E-state index is 11.6. The predicted molar refractivity (Wildman–Crippen MR) is 74.6 cm³/mol. The fourth-order valence-electron chi connectivity index (χ4n) is 2.01. The van der Waals surface area contributed by atoms with E-state index in [1.807, 2.05) is 0 Å². The summed E-state index contributed by atoms with van der Waals surface area (Å²) in [6.07, 6.45) is 0. The molecule has 7 nitrogen and oxygen atoms in total. The van der Waals surface area contributed by atoms with E-state index in [9.17, 15) is 22.6 Å². The molecular weight excluding hydrogens is 319 g/mol. The maximum absolute atomic E-state index is 11.6. The summed E-state index contributed by atoms with van der Waals surface area (Å²) in [5.41, 5.74) is 0.0148. The van der Waals surface area contributed by atoms with Crippen LogP contribution in [0.5, 0.6) is 0 Å². The Morgan fingerprint density at radius 2 is 1.52 bits per heavy atom. The summed E-state index contributed by atoms with van der Waals surface area (Å²) in [6, 6.07) is 6.35. The SMILES string of the molecule is COC(=O)c1cc(S(=O)(=O)[O-])c2cc(C(=O)OC)ccc2c1.[Li+]. The Hall–Kier alpha value is -1.85. The van der Waals surface area contributed by atoms with Crippen LogP contribution in [0.4, 0.5) is 0 Å². The van der Waals surface area contributed by atoms with Gasteiger partial charge in [-0.2, -0.15) is 0 Å². The summed E-state index contributed by atoms with van der Waals surface area (Å²) in [7, 11) is -2.54. The molecule has 0 saturated carbocycles. The van der Waals surface area contributed by atoms with Gasteiger partial charge in [-0.05, 0) is 29.7 Å². The van der Waals surface area contributed by atoms with E-state index in [4.69, 9.17) is 0 Å². The van der Waals surface area contributed by atoms with Crippen molar-refractivity contribution in [3.8, 4) is 0 Å². The van der Waals surface area contributed by atoms with Crippen molar-refractivity contribution in [3.63, 3.8) is 0 Å². The van der Waals surface area contributed by atoms with E-state index < -0.39 is 27.0 Å². The third-order valence-electron chi connectivity index (χ3n) is 3.03. The summed E-state index contributed by atoms with van der Waals surface area (Å²) in [5, 5.41) is 0.343. The van der Waals surface area contributed by atoms with Crippen molar-refractivity contribution < 1.29 is 50.9 Å². The zero-order chi connectivity index (χ0) is 16.5. The minimum Gasteiger partial charge on any atom is -0.744 e. The zero-order valence-corrected chi connectivity index (χ0v) is 13.5. The Morgan fingerprint density at radius 1 is 0.957 bits per heavy atom. The first kappa shape index (κ1) is 19.2. The van der Waals surface area contributed by atoms with Crippen LogP contribution in [-0.2, 0) is 19.6 Å². The Morgan fingerprint density at radius 3 is 2.04 bits per heavy atom. The van der Waals surface area contributed by atoms with Gasteiger partial charge in [-0.15, -0.1) is 0 Å². The van der Waals surface area contributed by atoms with Crippen LogP contribution >= 0.6 is 0 Å². The number of carbonyl (C=O) groups is 2. The minimum atomic E-state index is -4.85. The summed E-state index contributed by atoms with van der Waals surface area (Å²) < 4.78 is 43.4. The first-order valence-corrected chi connectivity index (χ1v) is 7.39. The van der Waals surface area contributed by atoms with Gasteiger partial charge in [0, 0.05) is 5.39 Å². The molecule has 0 unspecified atom stereocenters. The van der Waals surface area contributed by atoms with Crippen LogP contribution in [0.1, 0.15) is 20.7 Å². The van der Waals surface area contributed by atoms with Crippen molar-refractivity contribution in [2.75, 3.05) is 14.2 Å². The number of benzene rings is 2. The molecule has 9 heteroatoms. The van der Waals surface area contributed by atoms with Crippen LogP contribution < -0.4 is 18.9 Å². The largest absolute Gasteiger partial charge is 1.00 e. The zero-order valence-electron chi connectivity index (χ0n) is 12.7. The number of esters is 2. The van der Waals surface area contributed by atoms with Crippen molar-refractivity contribution in [2.24, 2.45) is 0 Å². The molecule has 2 aromatic rings. The Balaban J connectivity index is 0.00000264. The molecule has 0 bridgehead atoms. The minimum absolute atomic E-state index is 0. The molecule has 0 atom stereocenters. The van der Waals surface area contributed by atoms with Crippen molar-refractivity contribution in [3.05, 3.63) is 41.5 Å². The monoisotopic (exact) mass is 330 g/mol. The molecule has 0 amide bonds. The van der Waals surface area contributed by atoms with E-state index in [0.717, 1.165) is 13.2 Å². The number of carbonyl (C=O) groups excluding carboxylic acids is 2. The number of fused-ring (bicyclic) bond motifs is 1. The topological polar surface area (TPSA) is 110 Å². The molecule has 0 aliphatic heterocycles. The number of hydrogen-bond donors (Lipinski definition) is 0. The van der Waals surface area contributed by atoms with E-state index in [-0.39, 0.29) is 35.4 Å². The average Bonchev–Trinajstić information content (AvgIpc) is 2.50. The standard InChI is InChI=1S/C14H12O7S.Li/c1-20-13(15)9-4-3-8-5-10(14(16)21-2)7-12(11(8)6-9)22(17,18)19;/h3-7H,1-2H3,(H,17,18,19);/q;+1/p-1. The van der Waals surface area contributed by atoms with E-state index >= 15 is 0 Å². The van der Waals surface area contributed by atoms with Gasteiger partial charge in [0.25, 0.3) is 0 Å². The summed E-state index contributed by atoms with van der Waals surface area (Å²) in [5.74, 6) is -1.45. The van der Waals surface area contributed by atoms with E-state index in [2.05, 4.69) is 9.47 Å². The van der Waals surface area contributed by atoms with Crippen molar-refractivity contribution in [2.45, 2.75) is 4.90 Å². The van der Waals surface area contributed by atoms with Gasteiger partial charge in [-0.3, -0.25) is 0 Å². The normalized spacial score (nSPS) is 10.7. The van der Waals surface area contributed by atoms with Crippen LogP contribution in [0, 0.1) is 0 Å². The summed E-state index contributed by atoms with van der Waals surface area (Å²) in [4.78, 5) is 22.5. The molecule has 23 heavy (non-hydrogen) atoms. The molecule has 0 N–H and O–H groups in total. The first-order valence-electron chi connectivity index (χ1n) is 5.98. The fourth-order valence-corrected chi connectivity index (χ4v) is 2.73. The third kappa shape index (κ3) is 3.92. The first-order chi connectivity index (χ1) is 10.3. The van der Waals surface area contributed by atoms with Crippen LogP contribution in [0.15, 0.2) is 35.2 Å². The molecule has 2 rings (SSSR count). The smallest absolute Gasteiger partial charge is 0.744 e. The Kier molecular flexibility index (Phi) is 5.96. The van der Waals surface area contributed by atoms with Gasteiger partial charge < -0.3 is 14.0 Å². The molecule has 0 spiro atoms. The second-order valence-electron chi connectivity index (χ2n) is 4.35. The van der Waals surface area contributed by atoms with Crippen molar-refractivity contribution in [1.82, 2.24) is 0 Å². The molecular formula is C14H11LiO7S. The van der Waals surface area contributed by atoms with E-state index in [1.165, 1.54) is 31.4 Å². The van der Waals surface area contributed by atoms with Gasteiger partial charge in [0.05, 0.1) is 30.2 Å². The summed E-state index contributed by atoms with van der Waals surface area (Å²) >= 11 is 0. The number of methoxy groups -OCH3 is 2. The number of hydrogen-bond acceptors (Lipinski definition) is 7. The second-order valence-corrected chi connectivity index (χ2v) is 5.70. The fraction of sp³-hybridized carbons (Fsp3) is 0.143. The van der Waals surface area contributed by atoms with Crippen molar-refractivity contribution in [1.29, 1.82) is 0 Å². The van der Waals surface area contributed by atoms with Gasteiger partial charge in [0.15, 0.2) is 0 Å². The maximum Gasteiger partial charge on any atom is 1.00 e. The number of ether oxygens (including phenoxy) is 2. The van der Waals surface area contributed by atoms with Gasteiger partial charge in [0.1, 0.15) is 10.1 Å². The molecule has 0 saturated heterocycles. The molecule has 0 fully saturated rings. The van der Waals surface area contributed by atoms with Gasteiger partial charge >= 0.3 is 30.8 Å². The van der Waals surface area contributed by atoms with E-state index in [0.29, 0.717) is 5.39 Å². The van der Waals surface area contributed by atoms with Crippen LogP contribution in [-0.4, -0.2) is 39.1 Å². The van der Waals surface area contributed by atoms with Crippen LogP contribution in [0.3, 0.4) is 0 Å². The molecule has 0 aromatic heterocycles. The molecule has 2 aromatic carbocycles. The van der Waals surface area contributed by atoms with Crippen LogP contribution in [0.2, 0.25) is 0 Å². The average molecular weight is 330 g/mol. The summed E-state index contributed by atoms with van der Waals surface area (Å²) in [6.45, 7) is 0. The third-order valence-corrected chi connectivity index (χ3v) is 3.90. The molecule has 116 valence electrons. The Bertz CT molecular complexity index is 874. The van der Waals surface area contributed by atoms with Gasteiger partial charge in [-0.25, -0.2) is 18.0 Å². The predicted octanol–water partition coefficient (Wildman–Crippen LogP) is -1.68. The Labute approximate surface area is 144 Å².